The fourth-order valence-electron chi connectivity index (χ4n) is 15.4. The van der Waals surface area contributed by atoms with Crippen LogP contribution in [0.4, 0.5) is 0 Å². The van der Waals surface area contributed by atoms with E-state index in [9.17, 15) is 0 Å². The number of aromatic nitrogens is 2. The van der Waals surface area contributed by atoms with Crippen LogP contribution in [0.1, 0.15) is 202 Å². The van der Waals surface area contributed by atoms with Crippen LogP contribution in [0.2, 0.25) is 59.9 Å². The minimum atomic E-state index is -2.78. The van der Waals surface area contributed by atoms with Crippen molar-refractivity contribution >= 4 is 156 Å². The van der Waals surface area contributed by atoms with Gasteiger partial charge in [0, 0.05) is 0 Å². The third kappa shape index (κ3) is 12.8. The molecule has 0 radical (unpaired) electrons. The van der Waals surface area contributed by atoms with E-state index >= 15 is 0 Å². The number of fused-ring (bicyclic) bond motifs is 2. The summed E-state index contributed by atoms with van der Waals surface area (Å²) in [6.45, 7) is 44.8. The summed E-state index contributed by atoms with van der Waals surface area (Å²) in [5, 5.41) is 2.42. The van der Waals surface area contributed by atoms with E-state index in [0.29, 0.717) is 33.2 Å². The number of thiazole rings is 2. The molecule has 12 heteroatoms. The molecule has 0 N–H and O–H groups in total. The predicted octanol–water partition coefficient (Wildman–Crippen LogP) is 23.7. The number of benzene rings is 1. The van der Waals surface area contributed by atoms with Crippen molar-refractivity contribution < 1.29 is 0 Å². The Labute approximate surface area is 511 Å². The molecular weight excluding hydrogens is 1310 g/mol. The molecule has 0 spiro atoms. The van der Waals surface area contributed by atoms with Crippen molar-refractivity contribution in [1.29, 1.82) is 0 Å². The molecule has 2 nitrogen and oxygen atoms in total. The van der Waals surface area contributed by atoms with Crippen molar-refractivity contribution in [3.63, 3.8) is 0 Å². The molecule has 0 unspecified atom stereocenters. The van der Waals surface area contributed by atoms with Gasteiger partial charge in [-0.3, -0.25) is 0 Å². The van der Waals surface area contributed by atoms with Gasteiger partial charge in [0.25, 0.3) is 0 Å². The first-order chi connectivity index (χ1) is 37.3. The molecular formula is C66H104N2S6Si2Sn2. The molecule has 0 aliphatic rings. The first kappa shape index (κ1) is 65.4. The summed E-state index contributed by atoms with van der Waals surface area (Å²) in [7, 11) is -3.73. The van der Waals surface area contributed by atoms with Crippen LogP contribution in [-0.4, -0.2) is 62.9 Å². The van der Waals surface area contributed by atoms with Gasteiger partial charge < -0.3 is 0 Å². The fraction of sp³-hybridized carbons (Fsp3) is 0.636. The summed E-state index contributed by atoms with van der Waals surface area (Å²) in [6, 6.07) is 20.6. The molecule has 0 saturated heterocycles. The van der Waals surface area contributed by atoms with Gasteiger partial charge >= 0.3 is 434 Å². The second-order valence-corrected chi connectivity index (χ2v) is 72.9. The molecule has 7 rings (SSSR count). The topological polar surface area (TPSA) is 25.8 Å². The van der Waals surface area contributed by atoms with Crippen LogP contribution in [0.15, 0.2) is 48.5 Å². The van der Waals surface area contributed by atoms with Gasteiger partial charge in [-0.05, 0) is 0 Å². The number of unbranched alkanes of at least 4 members (excludes halogenated alkanes) is 6. The van der Waals surface area contributed by atoms with Gasteiger partial charge in [0.15, 0.2) is 0 Å². The van der Waals surface area contributed by atoms with Crippen LogP contribution in [0.3, 0.4) is 0 Å². The van der Waals surface area contributed by atoms with E-state index < -0.39 is 52.9 Å². The summed E-state index contributed by atoms with van der Waals surface area (Å²) in [4.78, 5) is 17.8. The summed E-state index contributed by atoms with van der Waals surface area (Å²) >= 11 is 7.06. The third-order valence-electron chi connectivity index (χ3n) is 19.2. The first-order valence-corrected chi connectivity index (χ1v) is 55.8. The zero-order chi connectivity index (χ0) is 56.7. The van der Waals surface area contributed by atoms with E-state index in [0.717, 1.165) is 0 Å². The van der Waals surface area contributed by atoms with E-state index in [4.69, 9.17) is 9.97 Å². The van der Waals surface area contributed by atoms with Crippen LogP contribution in [0.5, 0.6) is 0 Å². The maximum atomic E-state index is 6.07. The fourth-order valence-corrected chi connectivity index (χ4v) is 78.3. The van der Waals surface area contributed by atoms with Gasteiger partial charge in [-0.25, -0.2) is 0 Å². The van der Waals surface area contributed by atoms with E-state index in [2.05, 4.69) is 219 Å². The van der Waals surface area contributed by atoms with Gasteiger partial charge in [-0.2, -0.15) is 0 Å². The van der Waals surface area contributed by atoms with Crippen LogP contribution < -0.4 is 14.8 Å². The molecule has 6 heterocycles. The molecule has 0 aliphatic carbocycles. The van der Waals surface area contributed by atoms with Crippen molar-refractivity contribution in [2.45, 2.75) is 262 Å². The number of thiophene rings is 4. The zero-order valence-electron chi connectivity index (χ0n) is 52.2. The van der Waals surface area contributed by atoms with Crippen LogP contribution in [-0.2, 0) is 0 Å². The standard InChI is InChI=1S/C42H50N2S6Si2.6C4H9.2Sn/c1-23(2)51(24(3)4,25(5)6)33-19-17-31(47-33)41-43-37-35(29-15-13-21-45-29)40-38(36(39(37)49-41)30-16-14-22-46-30)44-42(50-40)32-18-20-34(48-32)52(26(7)8,27(9)10)28(11)12;6*1-3-4-2;;/h13-20,23-28H,1-12H3;6*1,3-4H2,2H3;;. The number of nitrogens with zero attached hydrogens (tertiary/aromatic N) is 2. The second kappa shape index (κ2) is 28.8. The molecule has 7 aromatic rings. The van der Waals surface area contributed by atoms with Crippen molar-refractivity contribution in [2.24, 2.45) is 0 Å². The Balaban J connectivity index is 1.60. The predicted molar refractivity (Wildman–Crippen MR) is 376 cm³/mol. The van der Waals surface area contributed by atoms with Gasteiger partial charge in [0.2, 0.25) is 0 Å². The Hall–Kier alpha value is -0.169. The molecule has 0 bridgehead atoms. The van der Waals surface area contributed by atoms with Crippen molar-refractivity contribution in [3.05, 3.63) is 48.5 Å². The molecule has 6 aromatic heterocycles. The molecule has 0 amide bonds. The Morgan fingerprint density at radius 3 is 0.872 bits per heavy atom. The Morgan fingerprint density at radius 2 is 0.615 bits per heavy atom. The Kier molecular flexibility index (Phi) is 24.1. The number of rotatable bonds is 32. The SMILES string of the molecule is CCC[CH2][Sn]([CH2]CCC)([CH2]CCC)[c]1ccc(-c2c3nc(-c4ccc([Si](C(C)C)(C(C)C)C(C)C)s4)sc3c(-c3cc[c]([Sn]([CH2]CCC)([CH2]CCC)[CH2]CCC)s3)c3nc(-c4ccc([Si](C(C)C)(C(C)C)C(C)C)s4)sc23)s1. The van der Waals surface area contributed by atoms with E-state index in [1.54, 1.807) is 9.00 Å². The second-order valence-electron chi connectivity index (χ2n) is 25.8. The molecule has 0 atom stereocenters. The Morgan fingerprint density at radius 1 is 0.346 bits per heavy atom. The van der Waals surface area contributed by atoms with Crippen LogP contribution in [0, 0.1) is 0 Å². The monoisotopic (exact) mass is 1410 g/mol. The number of hydrogen-bond donors (Lipinski definition) is 0. The van der Waals surface area contributed by atoms with Crippen molar-refractivity contribution in [1.82, 2.24) is 9.97 Å². The van der Waals surface area contributed by atoms with Gasteiger partial charge in [-0.1, -0.05) is 83.1 Å². The van der Waals surface area contributed by atoms with Gasteiger partial charge in [0.1, 0.15) is 0 Å². The number of hydrogen-bond acceptors (Lipinski definition) is 8. The quantitative estimate of drug-likeness (QED) is 0.0393. The van der Waals surface area contributed by atoms with E-state index in [1.807, 2.05) is 28.5 Å². The summed E-state index contributed by atoms with van der Waals surface area (Å²) in [5.41, 5.74) is 9.22. The summed E-state index contributed by atoms with van der Waals surface area (Å²) < 4.78 is 18.7. The average Bonchev–Trinajstić information content (AvgIpc) is 4.46. The van der Waals surface area contributed by atoms with Gasteiger partial charge in [0.05, 0.1) is 0 Å². The van der Waals surface area contributed by atoms with E-state index in [1.165, 1.54) is 165 Å². The molecule has 430 valence electrons. The van der Waals surface area contributed by atoms with Crippen molar-refractivity contribution in [3.8, 4) is 40.7 Å². The molecule has 1 aromatic carbocycles. The average molecular weight is 1410 g/mol. The Bertz CT molecular complexity index is 2640. The zero-order valence-corrected chi connectivity index (χ0v) is 64.8. The molecule has 78 heavy (non-hydrogen) atoms. The maximum absolute atomic E-state index is 6.07. The molecule has 0 aliphatic heterocycles. The minimum absolute atomic E-state index is 0.666. The first-order valence-electron chi connectivity index (χ1n) is 31.5. The van der Waals surface area contributed by atoms with Gasteiger partial charge in [-0.15, -0.1) is 0 Å². The van der Waals surface area contributed by atoms with Crippen molar-refractivity contribution in [2.75, 3.05) is 0 Å². The summed E-state index contributed by atoms with van der Waals surface area (Å²) in [5.74, 6) is 0. The molecule has 0 saturated carbocycles. The van der Waals surface area contributed by atoms with Crippen LogP contribution in [0.25, 0.3) is 61.1 Å². The third-order valence-corrected chi connectivity index (χ3v) is 78.5. The normalized spacial score (nSPS) is 13.3. The van der Waals surface area contributed by atoms with Crippen LogP contribution >= 0.6 is 68.0 Å². The molecule has 0 fully saturated rings. The van der Waals surface area contributed by atoms with E-state index in [-0.39, 0.29) is 0 Å². The summed E-state index contributed by atoms with van der Waals surface area (Å²) in [6.07, 6.45) is 16.1.